The number of para-hydroxylation sites is 1. The average Bonchev–Trinajstić information content (AvgIpc) is 3.10. The number of H-pyrrole nitrogens is 1. The van der Waals surface area contributed by atoms with E-state index in [2.05, 4.69) is 66.9 Å². The van der Waals surface area contributed by atoms with Crippen LogP contribution in [-0.4, -0.2) is 11.7 Å². The van der Waals surface area contributed by atoms with E-state index in [1.807, 2.05) is 0 Å². The van der Waals surface area contributed by atoms with Crippen molar-refractivity contribution in [3.63, 3.8) is 0 Å². The predicted octanol–water partition coefficient (Wildman–Crippen LogP) is 4.24. The number of benzene rings is 1. The van der Waals surface area contributed by atoms with Gasteiger partial charge >= 0.3 is 0 Å². The first-order valence-electron chi connectivity index (χ1n) is 6.62. The largest absolute Gasteiger partial charge is 0.463 e. The lowest BCUT2D eigenvalue weighted by Gasteiger charge is -1.97. The molecule has 3 rings (SSSR count). The number of fused-ring (bicyclic) bond motifs is 1. The second-order valence-electron chi connectivity index (χ2n) is 4.65. The molecule has 21 heavy (non-hydrogen) atoms. The molecule has 1 aromatic carbocycles. The SMILES string of the molecule is C=NNC(=C)c1ccco1.Cc1[nH]c2ccccc2c1C. The molecule has 108 valence electrons. The number of aromatic nitrogens is 1. The zero-order chi connectivity index (χ0) is 15.2. The summed E-state index contributed by atoms with van der Waals surface area (Å²) in [5.74, 6) is 0.674. The van der Waals surface area contributed by atoms with Gasteiger partial charge in [-0.15, -0.1) is 0 Å². The highest BCUT2D eigenvalue weighted by Crippen LogP contribution is 2.19. The van der Waals surface area contributed by atoms with Gasteiger partial charge in [-0.25, -0.2) is 0 Å². The monoisotopic (exact) mass is 281 g/mol. The zero-order valence-corrected chi connectivity index (χ0v) is 12.3. The molecule has 4 nitrogen and oxygen atoms in total. The summed E-state index contributed by atoms with van der Waals surface area (Å²) >= 11 is 0. The van der Waals surface area contributed by atoms with Gasteiger partial charge in [-0.2, -0.15) is 5.10 Å². The summed E-state index contributed by atoms with van der Waals surface area (Å²) < 4.78 is 5.00. The highest BCUT2D eigenvalue weighted by atomic mass is 16.3. The lowest BCUT2D eigenvalue weighted by Crippen LogP contribution is -1.99. The lowest BCUT2D eigenvalue weighted by atomic mass is 10.2. The number of aryl methyl sites for hydroxylation is 2. The van der Waals surface area contributed by atoms with Gasteiger partial charge in [-0.05, 0) is 37.6 Å². The van der Waals surface area contributed by atoms with Crippen molar-refractivity contribution in [3.8, 4) is 0 Å². The number of furan rings is 1. The summed E-state index contributed by atoms with van der Waals surface area (Å²) in [7, 11) is 0. The van der Waals surface area contributed by atoms with E-state index in [-0.39, 0.29) is 0 Å². The van der Waals surface area contributed by atoms with E-state index < -0.39 is 0 Å². The molecule has 0 unspecified atom stereocenters. The maximum atomic E-state index is 5.00. The van der Waals surface area contributed by atoms with Crippen LogP contribution < -0.4 is 5.43 Å². The van der Waals surface area contributed by atoms with E-state index in [1.54, 1.807) is 18.4 Å². The fraction of sp³-hybridized carbons (Fsp3) is 0.118. The molecule has 0 aliphatic heterocycles. The van der Waals surface area contributed by atoms with Crippen molar-refractivity contribution in [1.29, 1.82) is 0 Å². The lowest BCUT2D eigenvalue weighted by molar-refractivity contribution is 0.548. The maximum Gasteiger partial charge on any atom is 0.150 e. The number of hydrogen-bond acceptors (Lipinski definition) is 3. The molecular weight excluding hydrogens is 262 g/mol. The average molecular weight is 281 g/mol. The van der Waals surface area contributed by atoms with Gasteiger partial charge in [0.25, 0.3) is 0 Å². The van der Waals surface area contributed by atoms with Crippen LogP contribution in [0.15, 0.2) is 58.8 Å². The van der Waals surface area contributed by atoms with Gasteiger partial charge in [0.2, 0.25) is 0 Å². The van der Waals surface area contributed by atoms with Crippen molar-refractivity contribution < 1.29 is 4.42 Å². The third-order valence-corrected chi connectivity index (χ3v) is 3.25. The minimum atomic E-state index is 0.611. The van der Waals surface area contributed by atoms with Crippen molar-refractivity contribution in [2.24, 2.45) is 5.10 Å². The van der Waals surface area contributed by atoms with Crippen LogP contribution in [0, 0.1) is 13.8 Å². The van der Waals surface area contributed by atoms with Crippen molar-refractivity contribution >= 4 is 23.3 Å². The molecule has 0 atom stereocenters. The molecule has 0 saturated heterocycles. The molecule has 4 heteroatoms. The van der Waals surface area contributed by atoms with Crippen molar-refractivity contribution in [2.45, 2.75) is 13.8 Å². The Morgan fingerprint density at radius 1 is 1.19 bits per heavy atom. The molecule has 0 radical (unpaired) electrons. The maximum absolute atomic E-state index is 5.00. The van der Waals surface area contributed by atoms with Crippen LogP contribution in [0.1, 0.15) is 17.0 Å². The van der Waals surface area contributed by atoms with Gasteiger partial charge in [0, 0.05) is 23.3 Å². The number of aromatic amines is 1. The van der Waals surface area contributed by atoms with E-state index in [4.69, 9.17) is 4.42 Å². The Kier molecular flexibility index (Phi) is 4.61. The van der Waals surface area contributed by atoms with Crippen LogP contribution in [0.4, 0.5) is 0 Å². The molecule has 3 aromatic rings. The highest BCUT2D eigenvalue weighted by Gasteiger charge is 2.00. The Labute approximate surface area is 124 Å². The minimum absolute atomic E-state index is 0.611. The summed E-state index contributed by atoms with van der Waals surface area (Å²) in [6, 6.07) is 12.0. The fourth-order valence-electron chi connectivity index (χ4n) is 2.02. The summed E-state index contributed by atoms with van der Waals surface area (Å²) in [6.07, 6.45) is 1.57. The minimum Gasteiger partial charge on any atom is -0.463 e. The van der Waals surface area contributed by atoms with Gasteiger partial charge in [0.1, 0.15) is 0 Å². The summed E-state index contributed by atoms with van der Waals surface area (Å²) in [5, 5.41) is 4.77. The molecule has 2 heterocycles. The first kappa shape index (κ1) is 14.7. The first-order valence-corrected chi connectivity index (χ1v) is 6.62. The van der Waals surface area contributed by atoms with Crippen LogP contribution >= 0.6 is 0 Å². The third-order valence-electron chi connectivity index (χ3n) is 3.25. The molecule has 0 bridgehead atoms. The van der Waals surface area contributed by atoms with Gasteiger partial charge in [-0.3, -0.25) is 5.43 Å². The molecule has 0 fully saturated rings. The Morgan fingerprint density at radius 3 is 2.57 bits per heavy atom. The first-order chi connectivity index (χ1) is 10.1. The van der Waals surface area contributed by atoms with Gasteiger partial charge in [0.15, 0.2) is 5.76 Å². The molecule has 0 spiro atoms. The van der Waals surface area contributed by atoms with E-state index in [0.29, 0.717) is 11.5 Å². The fourth-order valence-corrected chi connectivity index (χ4v) is 2.02. The second-order valence-corrected chi connectivity index (χ2v) is 4.65. The third kappa shape index (κ3) is 3.42. The van der Waals surface area contributed by atoms with E-state index in [9.17, 15) is 0 Å². The Bertz CT molecular complexity index is 739. The Morgan fingerprint density at radius 2 is 1.95 bits per heavy atom. The number of rotatable bonds is 3. The smallest absolute Gasteiger partial charge is 0.150 e. The molecule has 2 N–H and O–H groups in total. The van der Waals surface area contributed by atoms with Gasteiger partial charge in [0.05, 0.1) is 12.0 Å². The van der Waals surface area contributed by atoms with Gasteiger partial charge in [-0.1, -0.05) is 24.8 Å². The van der Waals surface area contributed by atoms with Crippen LogP contribution in [0.25, 0.3) is 16.6 Å². The summed E-state index contributed by atoms with van der Waals surface area (Å²) in [4.78, 5) is 3.33. The number of nitrogens with one attached hydrogen (secondary N) is 2. The normalized spacial score (nSPS) is 9.81. The second kappa shape index (κ2) is 6.61. The van der Waals surface area contributed by atoms with Gasteiger partial charge < -0.3 is 9.40 Å². The number of hydrazone groups is 1. The quantitative estimate of drug-likeness (QED) is 0.557. The van der Waals surface area contributed by atoms with Crippen molar-refractivity contribution in [1.82, 2.24) is 10.4 Å². The van der Waals surface area contributed by atoms with Crippen LogP contribution in [0.5, 0.6) is 0 Å². The van der Waals surface area contributed by atoms with Crippen molar-refractivity contribution in [3.05, 3.63) is 66.3 Å². The predicted molar refractivity (Wildman–Crippen MR) is 88.2 cm³/mol. The Balaban J connectivity index is 0.000000155. The summed E-state index contributed by atoms with van der Waals surface area (Å²) in [5.41, 5.74) is 7.05. The Hall–Kier alpha value is -2.75. The number of hydrogen-bond donors (Lipinski definition) is 2. The van der Waals surface area contributed by atoms with Crippen molar-refractivity contribution in [2.75, 3.05) is 0 Å². The van der Waals surface area contributed by atoms with E-state index in [1.165, 1.54) is 22.2 Å². The molecular formula is C17H19N3O. The standard InChI is InChI=1S/C10H11N.C7H8N2O/c1-7-8(2)11-10-6-4-3-5-9(7)10;1-6(9-8-2)7-4-3-5-10-7/h3-6,11H,1-2H3;3-5,9H,1-2H2. The number of nitrogens with zero attached hydrogens (tertiary/aromatic N) is 1. The molecule has 0 aliphatic carbocycles. The van der Waals surface area contributed by atoms with E-state index >= 15 is 0 Å². The topological polar surface area (TPSA) is 53.3 Å². The van der Waals surface area contributed by atoms with E-state index in [0.717, 1.165) is 0 Å². The summed E-state index contributed by atoms with van der Waals surface area (Å²) in [6.45, 7) is 11.1. The van der Waals surface area contributed by atoms with Crippen LogP contribution in [-0.2, 0) is 0 Å². The van der Waals surface area contributed by atoms with Crippen LogP contribution in [0.2, 0.25) is 0 Å². The molecule has 0 aliphatic rings. The molecule has 0 amide bonds. The highest BCUT2D eigenvalue weighted by molar-refractivity contribution is 5.84. The molecule has 0 saturated carbocycles. The zero-order valence-electron chi connectivity index (χ0n) is 12.3. The molecule has 2 aromatic heterocycles. The van der Waals surface area contributed by atoms with Crippen LogP contribution in [0.3, 0.4) is 0 Å².